The van der Waals surface area contributed by atoms with E-state index >= 15 is 0 Å². The van der Waals surface area contributed by atoms with Crippen molar-refractivity contribution in [2.24, 2.45) is 0 Å². The SMILES string of the molecule is C=C(CC)C(=O)OCCC(C)c1ccccc1. The van der Waals surface area contributed by atoms with E-state index in [0.29, 0.717) is 24.5 Å². The van der Waals surface area contributed by atoms with Crippen LogP contribution >= 0.6 is 0 Å². The largest absolute Gasteiger partial charge is 0.462 e. The predicted molar refractivity (Wildman–Crippen MR) is 69.9 cm³/mol. The first kappa shape index (κ1) is 13.5. The van der Waals surface area contributed by atoms with Crippen LogP contribution in [0.15, 0.2) is 42.5 Å². The second-order valence-electron chi connectivity index (χ2n) is 4.19. The molecule has 0 aliphatic rings. The fourth-order valence-corrected chi connectivity index (χ4v) is 1.52. The number of esters is 1. The molecule has 1 atom stereocenters. The highest BCUT2D eigenvalue weighted by molar-refractivity contribution is 5.87. The van der Waals surface area contributed by atoms with Gasteiger partial charge in [-0.25, -0.2) is 4.79 Å². The van der Waals surface area contributed by atoms with Gasteiger partial charge in [-0.3, -0.25) is 0 Å². The Hall–Kier alpha value is -1.57. The Labute approximate surface area is 103 Å². The Balaban J connectivity index is 2.32. The molecular formula is C15H20O2. The highest BCUT2D eigenvalue weighted by Crippen LogP contribution is 2.18. The maximum Gasteiger partial charge on any atom is 0.333 e. The summed E-state index contributed by atoms with van der Waals surface area (Å²) in [6.45, 7) is 8.14. The van der Waals surface area contributed by atoms with E-state index in [4.69, 9.17) is 4.74 Å². The molecule has 0 heterocycles. The molecule has 92 valence electrons. The molecule has 0 saturated heterocycles. The van der Waals surface area contributed by atoms with E-state index in [-0.39, 0.29) is 5.97 Å². The Morgan fingerprint density at radius 2 is 2.00 bits per heavy atom. The molecule has 0 fully saturated rings. The third kappa shape index (κ3) is 4.43. The topological polar surface area (TPSA) is 26.3 Å². The Morgan fingerprint density at radius 1 is 1.35 bits per heavy atom. The van der Waals surface area contributed by atoms with E-state index in [0.717, 1.165) is 6.42 Å². The minimum Gasteiger partial charge on any atom is -0.462 e. The summed E-state index contributed by atoms with van der Waals surface area (Å²) < 4.78 is 5.15. The smallest absolute Gasteiger partial charge is 0.333 e. The summed E-state index contributed by atoms with van der Waals surface area (Å²) in [5, 5.41) is 0. The van der Waals surface area contributed by atoms with Crippen molar-refractivity contribution in [3.05, 3.63) is 48.0 Å². The molecule has 1 unspecified atom stereocenters. The number of rotatable bonds is 6. The van der Waals surface area contributed by atoms with Crippen LogP contribution in [-0.2, 0) is 9.53 Å². The van der Waals surface area contributed by atoms with Crippen LogP contribution in [0.4, 0.5) is 0 Å². The predicted octanol–water partition coefficient (Wildman–Crippen LogP) is 3.69. The highest BCUT2D eigenvalue weighted by atomic mass is 16.5. The molecule has 2 heteroatoms. The standard InChI is InChI=1S/C15H20O2/c1-4-12(2)15(16)17-11-10-13(3)14-8-6-5-7-9-14/h5-9,13H,2,4,10-11H2,1,3H3. The maximum atomic E-state index is 11.4. The quantitative estimate of drug-likeness (QED) is 0.552. The van der Waals surface area contributed by atoms with Gasteiger partial charge in [0, 0.05) is 5.57 Å². The summed E-state index contributed by atoms with van der Waals surface area (Å²) in [7, 11) is 0. The normalized spacial score (nSPS) is 11.9. The van der Waals surface area contributed by atoms with Crippen LogP contribution in [0.5, 0.6) is 0 Å². The first-order chi connectivity index (χ1) is 8.15. The van der Waals surface area contributed by atoms with E-state index in [2.05, 4.69) is 25.6 Å². The highest BCUT2D eigenvalue weighted by Gasteiger charge is 2.08. The summed E-state index contributed by atoms with van der Waals surface area (Å²) in [6, 6.07) is 10.2. The van der Waals surface area contributed by atoms with Crippen molar-refractivity contribution in [3.8, 4) is 0 Å². The lowest BCUT2D eigenvalue weighted by molar-refractivity contribution is -0.139. The molecule has 1 rings (SSSR count). The van der Waals surface area contributed by atoms with E-state index in [1.807, 2.05) is 25.1 Å². The Bertz CT molecular complexity index is 368. The van der Waals surface area contributed by atoms with Gasteiger partial charge in [0.2, 0.25) is 0 Å². The molecule has 0 N–H and O–H groups in total. The molecular weight excluding hydrogens is 212 g/mol. The van der Waals surface area contributed by atoms with Crippen LogP contribution in [0.25, 0.3) is 0 Å². The van der Waals surface area contributed by atoms with Crippen molar-refractivity contribution in [1.29, 1.82) is 0 Å². The number of hydrogen-bond donors (Lipinski definition) is 0. The molecule has 0 amide bonds. The summed E-state index contributed by atoms with van der Waals surface area (Å²) in [6.07, 6.45) is 1.49. The fraction of sp³-hybridized carbons (Fsp3) is 0.400. The lowest BCUT2D eigenvalue weighted by Gasteiger charge is -2.12. The molecule has 1 aromatic rings. The molecule has 0 saturated carbocycles. The number of benzene rings is 1. The van der Waals surface area contributed by atoms with Crippen molar-refractivity contribution >= 4 is 5.97 Å². The molecule has 1 aromatic carbocycles. The van der Waals surface area contributed by atoms with Gasteiger partial charge in [-0.05, 0) is 24.3 Å². The zero-order valence-electron chi connectivity index (χ0n) is 10.6. The van der Waals surface area contributed by atoms with Gasteiger partial charge in [-0.15, -0.1) is 0 Å². The fourth-order valence-electron chi connectivity index (χ4n) is 1.52. The molecule has 2 nitrogen and oxygen atoms in total. The van der Waals surface area contributed by atoms with E-state index in [1.165, 1.54) is 5.56 Å². The molecule has 17 heavy (non-hydrogen) atoms. The number of hydrogen-bond acceptors (Lipinski definition) is 2. The summed E-state index contributed by atoms with van der Waals surface area (Å²) in [5.41, 5.74) is 1.82. The third-order valence-corrected chi connectivity index (χ3v) is 2.87. The number of carbonyl (C=O) groups excluding carboxylic acids is 1. The molecule has 0 aliphatic heterocycles. The zero-order valence-corrected chi connectivity index (χ0v) is 10.6. The molecule has 0 bridgehead atoms. The Kier molecular flexibility index (Phi) is 5.47. The van der Waals surface area contributed by atoms with Crippen molar-refractivity contribution < 1.29 is 9.53 Å². The van der Waals surface area contributed by atoms with Gasteiger partial charge in [-0.2, -0.15) is 0 Å². The summed E-state index contributed by atoms with van der Waals surface area (Å²) in [4.78, 5) is 11.4. The second kappa shape index (κ2) is 6.89. The molecule has 0 radical (unpaired) electrons. The van der Waals surface area contributed by atoms with E-state index < -0.39 is 0 Å². The van der Waals surface area contributed by atoms with Gasteiger partial charge in [0.15, 0.2) is 0 Å². The van der Waals surface area contributed by atoms with Gasteiger partial charge < -0.3 is 4.74 Å². The van der Waals surface area contributed by atoms with Crippen LogP contribution in [0.3, 0.4) is 0 Å². The van der Waals surface area contributed by atoms with Crippen molar-refractivity contribution in [2.75, 3.05) is 6.61 Å². The summed E-state index contributed by atoms with van der Waals surface area (Å²) in [5.74, 6) is 0.131. The van der Waals surface area contributed by atoms with Crippen LogP contribution in [0, 0.1) is 0 Å². The molecule has 0 aliphatic carbocycles. The van der Waals surface area contributed by atoms with E-state index in [9.17, 15) is 4.79 Å². The molecule has 0 aromatic heterocycles. The van der Waals surface area contributed by atoms with Crippen molar-refractivity contribution in [3.63, 3.8) is 0 Å². The first-order valence-electron chi connectivity index (χ1n) is 6.05. The summed E-state index contributed by atoms with van der Waals surface area (Å²) >= 11 is 0. The zero-order chi connectivity index (χ0) is 12.7. The lowest BCUT2D eigenvalue weighted by atomic mass is 9.98. The monoisotopic (exact) mass is 232 g/mol. The van der Waals surface area contributed by atoms with Crippen molar-refractivity contribution in [2.45, 2.75) is 32.6 Å². The average molecular weight is 232 g/mol. The third-order valence-electron chi connectivity index (χ3n) is 2.87. The van der Waals surface area contributed by atoms with Crippen LogP contribution in [0.2, 0.25) is 0 Å². The van der Waals surface area contributed by atoms with Crippen LogP contribution in [0.1, 0.15) is 38.2 Å². The van der Waals surface area contributed by atoms with Gasteiger partial charge in [-0.1, -0.05) is 50.8 Å². The average Bonchev–Trinajstić information content (AvgIpc) is 2.38. The van der Waals surface area contributed by atoms with Crippen molar-refractivity contribution in [1.82, 2.24) is 0 Å². The van der Waals surface area contributed by atoms with Crippen LogP contribution in [-0.4, -0.2) is 12.6 Å². The van der Waals surface area contributed by atoms with Gasteiger partial charge in [0.25, 0.3) is 0 Å². The van der Waals surface area contributed by atoms with Gasteiger partial charge in [0.1, 0.15) is 0 Å². The minimum atomic E-state index is -0.271. The second-order valence-corrected chi connectivity index (χ2v) is 4.19. The number of carbonyl (C=O) groups is 1. The Morgan fingerprint density at radius 3 is 2.59 bits per heavy atom. The number of ether oxygens (including phenoxy) is 1. The maximum absolute atomic E-state index is 11.4. The lowest BCUT2D eigenvalue weighted by Crippen LogP contribution is -2.09. The van der Waals surface area contributed by atoms with E-state index in [1.54, 1.807) is 0 Å². The minimum absolute atomic E-state index is 0.271. The van der Waals surface area contributed by atoms with Gasteiger partial charge >= 0.3 is 5.97 Å². The van der Waals surface area contributed by atoms with Gasteiger partial charge in [0.05, 0.1) is 6.61 Å². The van der Waals surface area contributed by atoms with Crippen LogP contribution < -0.4 is 0 Å². The first-order valence-corrected chi connectivity index (χ1v) is 6.05. The molecule has 0 spiro atoms.